The second-order valence-electron chi connectivity index (χ2n) is 3.92. The fourth-order valence-corrected chi connectivity index (χ4v) is 4.44. The van der Waals surface area contributed by atoms with Crippen LogP contribution in [0.4, 0.5) is 0 Å². The number of hydrogen-bond donors (Lipinski definition) is 0. The molecular formula is C12H13ClN2O2S2. The molecule has 0 saturated heterocycles. The first kappa shape index (κ1) is 14.5. The number of nitrogens with zero attached hydrogens (tertiary/aromatic N) is 2. The lowest BCUT2D eigenvalue weighted by Crippen LogP contribution is -2.27. The lowest BCUT2D eigenvalue weighted by atomic mass is 10.3. The first-order valence-electron chi connectivity index (χ1n) is 5.54. The number of hydrogen-bond acceptors (Lipinski definition) is 4. The highest BCUT2D eigenvalue weighted by Gasteiger charge is 2.24. The van der Waals surface area contributed by atoms with Gasteiger partial charge in [-0.05, 0) is 23.6 Å². The van der Waals surface area contributed by atoms with Gasteiger partial charge in [-0.2, -0.15) is 4.31 Å². The number of halogens is 1. The highest BCUT2D eigenvalue weighted by Crippen LogP contribution is 2.26. The maximum absolute atomic E-state index is 12.4. The molecule has 0 aliphatic rings. The van der Waals surface area contributed by atoms with Gasteiger partial charge in [0.15, 0.2) is 0 Å². The molecule has 0 fully saturated rings. The van der Waals surface area contributed by atoms with Gasteiger partial charge < -0.3 is 0 Å². The van der Waals surface area contributed by atoms with Gasteiger partial charge in [0.25, 0.3) is 0 Å². The minimum absolute atomic E-state index is 0.198. The Hall–Kier alpha value is -0.950. The van der Waals surface area contributed by atoms with Crippen molar-refractivity contribution >= 4 is 33.0 Å². The smallest absolute Gasteiger partial charge is 0.244 e. The molecular weight excluding hydrogens is 304 g/mol. The Morgan fingerprint density at radius 2 is 2.16 bits per heavy atom. The molecule has 102 valence electrons. The zero-order chi connectivity index (χ0) is 13.9. The van der Waals surface area contributed by atoms with Gasteiger partial charge in [-0.15, -0.1) is 22.9 Å². The Balaban J connectivity index is 2.25. The largest absolute Gasteiger partial charge is 0.260 e. The third-order valence-corrected chi connectivity index (χ3v) is 5.99. The van der Waals surface area contributed by atoms with Crippen molar-refractivity contribution in [3.05, 3.63) is 46.4 Å². The minimum atomic E-state index is -3.52. The van der Waals surface area contributed by atoms with Crippen LogP contribution in [0, 0.1) is 0 Å². The van der Waals surface area contributed by atoms with E-state index in [2.05, 4.69) is 4.98 Å². The number of thiophene rings is 1. The van der Waals surface area contributed by atoms with Gasteiger partial charge in [-0.3, -0.25) is 4.98 Å². The lowest BCUT2D eigenvalue weighted by molar-refractivity contribution is 0.462. The lowest BCUT2D eigenvalue weighted by Gasteiger charge is -2.16. The summed E-state index contributed by atoms with van der Waals surface area (Å²) < 4.78 is 26.1. The Bertz CT molecular complexity index is 641. The SMILES string of the molecule is CN(Cc1ccccn1)S(=O)(=O)c1ccsc1CCl. The van der Waals surface area contributed by atoms with Crippen LogP contribution in [0.1, 0.15) is 10.6 Å². The number of sulfonamides is 1. The molecule has 0 unspecified atom stereocenters. The van der Waals surface area contributed by atoms with Gasteiger partial charge in [-0.1, -0.05) is 6.07 Å². The Morgan fingerprint density at radius 1 is 1.37 bits per heavy atom. The van der Waals surface area contributed by atoms with E-state index >= 15 is 0 Å². The molecule has 0 N–H and O–H groups in total. The van der Waals surface area contributed by atoms with Gasteiger partial charge in [0.1, 0.15) is 0 Å². The van der Waals surface area contributed by atoms with Crippen LogP contribution in [0.15, 0.2) is 40.7 Å². The second kappa shape index (κ2) is 6.00. The minimum Gasteiger partial charge on any atom is -0.260 e. The summed E-state index contributed by atoms with van der Waals surface area (Å²) in [4.78, 5) is 5.07. The van der Waals surface area contributed by atoms with E-state index < -0.39 is 10.0 Å². The fraction of sp³-hybridized carbons (Fsp3) is 0.250. The van der Waals surface area contributed by atoms with E-state index in [1.54, 1.807) is 36.8 Å². The van der Waals surface area contributed by atoms with E-state index in [0.717, 1.165) is 0 Å². The van der Waals surface area contributed by atoms with Gasteiger partial charge in [0.05, 0.1) is 23.0 Å². The number of aromatic nitrogens is 1. The Labute approximate surface area is 121 Å². The first-order valence-corrected chi connectivity index (χ1v) is 8.39. The van der Waals surface area contributed by atoms with E-state index in [1.165, 1.54) is 15.6 Å². The van der Waals surface area contributed by atoms with E-state index in [1.807, 2.05) is 6.07 Å². The molecule has 2 aromatic rings. The van der Waals surface area contributed by atoms with Crippen LogP contribution in [0.5, 0.6) is 0 Å². The molecule has 0 aromatic carbocycles. The van der Waals surface area contributed by atoms with Crippen molar-refractivity contribution in [3.63, 3.8) is 0 Å². The van der Waals surface area contributed by atoms with E-state index in [-0.39, 0.29) is 17.3 Å². The highest BCUT2D eigenvalue weighted by atomic mass is 35.5. The summed E-state index contributed by atoms with van der Waals surface area (Å²) in [7, 11) is -1.98. The Kier molecular flexibility index (Phi) is 4.57. The second-order valence-corrected chi connectivity index (χ2v) is 7.21. The summed E-state index contributed by atoms with van der Waals surface area (Å²) in [6, 6.07) is 7.01. The van der Waals surface area contributed by atoms with Crippen LogP contribution in [0.2, 0.25) is 0 Å². The molecule has 0 atom stereocenters. The van der Waals surface area contributed by atoms with Gasteiger partial charge in [0, 0.05) is 18.1 Å². The zero-order valence-corrected chi connectivity index (χ0v) is 12.7. The van der Waals surface area contributed by atoms with Crippen LogP contribution >= 0.6 is 22.9 Å². The van der Waals surface area contributed by atoms with Crippen LogP contribution < -0.4 is 0 Å². The molecule has 0 bridgehead atoms. The summed E-state index contributed by atoms with van der Waals surface area (Å²) in [5, 5.41) is 1.74. The van der Waals surface area contributed by atoms with E-state index in [4.69, 9.17) is 11.6 Å². The molecule has 2 rings (SSSR count). The molecule has 0 radical (unpaired) electrons. The summed E-state index contributed by atoms with van der Waals surface area (Å²) in [6.07, 6.45) is 1.64. The first-order chi connectivity index (χ1) is 9.05. The molecule has 2 heterocycles. The van der Waals surface area contributed by atoms with Crippen molar-refractivity contribution in [3.8, 4) is 0 Å². The van der Waals surface area contributed by atoms with Crippen molar-refractivity contribution in [2.24, 2.45) is 0 Å². The molecule has 4 nitrogen and oxygen atoms in total. The summed E-state index contributed by atoms with van der Waals surface area (Å²) in [5.41, 5.74) is 0.705. The van der Waals surface area contributed by atoms with Crippen molar-refractivity contribution in [1.29, 1.82) is 0 Å². The van der Waals surface area contributed by atoms with Crippen LogP contribution in [0.3, 0.4) is 0 Å². The summed E-state index contributed by atoms with van der Waals surface area (Å²) >= 11 is 7.11. The van der Waals surface area contributed by atoms with E-state index in [0.29, 0.717) is 10.6 Å². The molecule has 0 saturated carbocycles. The van der Waals surface area contributed by atoms with Crippen LogP contribution in [-0.2, 0) is 22.4 Å². The predicted molar refractivity (Wildman–Crippen MR) is 76.8 cm³/mol. The van der Waals surface area contributed by atoms with Crippen molar-refractivity contribution < 1.29 is 8.42 Å². The molecule has 0 spiro atoms. The molecule has 0 aliphatic carbocycles. The average molecular weight is 317 g/mol. The zero-order valence-electron chi connectivity index (χ0n) is 10.3. The maximum Gasteiger partial charge on any atom is 0.244 e. The van der Waals surface area contributed by atoms with Gasteiger partial charge in [-0.25, -0.2) is 8.42 Å². The van der Waals surface area contributed by atoms with Crippen molar-refractivity contribution in [1.82, 2.24) is 9.29 Å². The normalized spacial score (nSPS) is 11.9. The topological polar surface area (TPSA) is 50.3 Å². The van der Waals surface area contributed by atoms with Crippen molar-refractivity contribution in [2.75, 3.05) is 7.05 Å². The molecule has 0 amide bonds. The van der Waals surface area contributed by atoms with Gasteiger partial charge >= 0.3 is 0 Å². The monoisotopic (exact) mass is 316 g/mol. The molecule has 2 aromatic heterocycles. The highest BCUT2D eigenvalue weighted by molar-refractivity contribution is 7.89. The summed E-state index contributed by atoms with van der Waals surface area (Å²) in [6.45, 7) is 0.237. The van der Waals surface area contributed by atoms with E-state index in [9.17, 15) is 8.42 Å². The van der Waals surface area contributed by atoms with Crippen LogP contribution in [-0.4, -0.2) is 24.8 Å². The third kappa shape index (κ3) is 3.14. The van der Waals surface area contributed by atoms with Crippen molar-refractivity contribution in [2.45, 2.75) is 17.3 Å². The molecule has 7 heteroatoms. The van der Waals surface area contributed by atoms with Gasteiger partial charge in [0.2, 0.25) is 10.0 Å². The third-order valence-electron chi connectivity index (χ3n) is 2.62. The quantitative estimate of drug-likeness (QED) is 0.797. The fourth-order valence-electron chi connectivity index (χ4n) is 1.63. The molecule has 19 heavy (non-hydrogen) atoms. The standard InChI is InChI=1S/C12H13ClN2O2S2/c1-15(9-10-4-2-3-6-14-10)19(16,17)12-5-7-18-11(12)8-13/h2-7H,8-9H2,1H3. The Morgan fingerprint density at radius 3 is 2.79 bits per heavy atom. The van der Waals surface area contributed by atoms with Crippen LogP contribution in [0.25, 0.3) is 0 Å². The molecule has 0 aliphatic heterocycles. The number of alkyl halides is 1. The average Bonchev–Trinajstić information content (AvgIpc) is 2.88. The number of rotatable bonds is 5. The predicted octanol–water partition coefficient (Wildman–Crippen LogP) is 2.70. The number of pyridine rings is 1. The summed E-state index contributed by atoms with van der Waals surface area (Å²) in [5.74, 6) is 0.198. The maximum atomic E-state index is 12.4.